The SMILES string of the molecule is CC(C)(C)OC(=O)N1CCNCC1.O=C(ON1C(=O)CCC1=O)N1CCN(Cc2ccccc2OC2=CC=CCC2)CC1.O=Cc1ccccc1Oc1ccccc1. The van der Waals surface area contributed by atoms with Gasteiger partial charge in [0.05, 0.1) is 5.56 Å². The zero-order valence-corrected chi connectivity index (χ0v) is 33.5. The minimum Gasteiger partial charge on any atom is -0.461 e. The summed E-state index contributed by atoms with van der Waals surface area (Å²) in [6.45, 7) is 11.8. The molecule has 0 aromatic heterocycles. The molecule has 58 heavy (non-hydrogen) atoms. The first-order chi connectivity index (χ1) is 28.0. The van der Waals surface area contributed by atoms with Crippen LogP contribution in [-0.2, 0) is 25.7 Å². The van der Waals surface area contributed by atoms with E-state index in [-0.39, 0.29) is 24.5 Å². The van der Waals surface area contributed by atoms with Gasteiger partial charge in [-0.25, -0.2) is 9.59 Å². The van der Waals surface area contributed by atoms with Gasteiger partial charge in [0.15, 0.2) is 6.29 Å². The molecule has 3 aromatic carbocycles. The number of hydrogen-bond donors (Lipinski definition) is 1. The highest BCUT2D eigenvalue weighted by molar-refractivity contribution is 6.01. The molecule has 3 heterocycles. The maximum absolute atomic E-state index is 12.3. The Labute approximate surface area is 339 Å². The highest BCUT2D eigenvalue weighted by atomic mass is 16.7. The van der Waals surface area contributed by atoms with E-state index in [1.165, 1.54) is 4.90 Å². The van der Waals surface area contributed by atoms with Gasteiger partial charge in [-0.05, 0) is 63.6 Å². The molecule has 0 spiro atoms. The lowest BCUT2D eigenvalue weighted by Gasteiger charge is -2.34. The average molecular weight is 796 g/mol. The van der Waals surface area contributed by atoms with Crippen LogP contribution in [0.15, 0.2) is 103 Å². The summed E-state index contributed by atoms with van der Waals surface area (Å²) in [6, 6.07) is 24.5. The molecule has 0 bridgehead atoms. The standard InChI is InChI=1S/C22H25N3O5.C13H10O2.C9H18N2O2/c26-20-10-11-21(27)25(20)30-22(28)24-14-12-23(13-15-24)16-17-6-4-5-9-19(17)29-18-7-2-1-3-8-18;14-10-11-6-4-5-9-13(11)15-12-7-2-1-3-8-12;1-9(2,3)13-8(12)11-6-4-10-5-7-11/h1-2,4-7,9H,3,8,10-16H2;1-10H;10H,4-7H2,1-3H3. The zero-order chi connectivity index (χ0) is 41.3. The van der Waals surface area contributed by atoms with Crippen LogP contribution in [0.25, 0.3) is 0 Å². The number of carbonyl (C=O) groups is 5. The van der Waals surface area contributed by atoms with Crippen LogP contribution in [0, 0.1) is 0 Å². The van der Waals surface area contributed by atoms with E-state index >= 15 is 0 Å². The van der Waals surface area contributed by atoms with Crippen molar-refractivity contribution in [2.45, 2.75) is 58.6 Å². The second-order valence-corrected chi connectivity index (χ2v) is 14.8. The Morgan fingerprint density at radius 2 is 1.34 bits per heavy atom. The Morgan fingerprint density at radius 1 is 0.724 bits per heavy atom. The number of imide groups is 1. The van der Waals surface area contributed by atoms with Crippen molar-refractivity contribution >= 4 is 30.3 Å². The molecule has 0 saturated carbocycles. The average Bonchev–Trinajstić information content (AvgIpc) is 3.55. The highest BCUT2D eigenvalue weighted by Crippen LogP contribution is 2.26. The number of ether oxygens (including phenoxy) is 3. The van der Waals surface area contributed by atoms with E-state index < -0.39 is 17.9 Å². The minimum atomic E-state index is -0.653. The monoisotopic (exact) mass is 795 g/mol. The number of aldehydes is 1. The summed E-state index contributed by atoms with van der Waals surface area (Å²) in [6.07, 6.45) is 8.14. The number of nitrogens with zero attached hydrogens (tertiary/aromatic N) is 4. The lowest BCUT2D eigenvalue weighted by atomic mass is 10.1. The lowest BCUT2D eigenvalue weighted by Crippen LogP contribution is -2.50. The fourth-order valence-electron chi connectivity index (χ4n) is 6.12. The van der Waals surface area contributed by atoms with Gasteiger partial charge in [0.2, 0.25) is 0 Å². The normalized spacial score (nSPS) is 16.9. The molecule has 3 fully saturated rings. The van der Waals surface area contributed by atoms with Crippen molar-refractivity contribution < 1.29 is 43.0 Å². The summed E-state index contributed by atoms with van der Waals surface area (Å²) < 4.78 is 16.9. The summed E-state index contributed by atoms with van der Waals surface area (Å²) in [4.78, 5) is 68.3. The molecular formula is C44H53N5O9. The number of amides is 4. The number of piperazine rings is 2. The second kappa shape index (κ2) is 21.5. The zero-order valence-electron chi connectivity index (χ0n) is 33.5. The fourth-order valence-corrected chi connectivity index (χ4v) is 6.12. The van der Waals surface area contributed by atoms with E-state index in [4.69, 9.17) is 19.0 Å². The van der Waals surface area contributed by atoms with Crippen LogP contribution in [0.1, 0.15) is 62.4 Å². The van der Waals surface area contributed by atoms with Crippen LogP contribution >= 0.6 is 0 Å². The summed E-state index contributed by atoms with van der Waals surface area (Å²) in [7, 11) is 0. The first-order valence-electron chi connectivity index (χ1n) is 19.6. The first-order valence-corrected chi connectivity index (χ1v) is 19.6. The Bertz CT molecular complexity index is 1900. The summed E-state index contributed by atoms with van der Waals surface area (Å²) >= 11 is 0. The maximum atomic E-state index is 12.3. The van der Waals surface area contributed by atoms with Crippen molar-refractivity contribution in [1.29, 1.82) is 0 Å². The van der Waals surface area contributed by atoms with Crippen molar-refractivity contribution in [3.63, 3.8) is 0 Å². The van der Waals surface area contributed by atoms with Crippen LogP contribution in [0.5, 0.6) is 17.2 Å². The number of rotatable bonds is 8. The Balaban J connectivity index is 0.000000190. The van der Waals surface area contributed by atoms with E-state index in [0.29, 0.717) is 49.1 Å². The lowest BCUT2D eigenvalue weighted by molar-refractivity contribution is -0.174. The van der Waals surface area contributed by atoms with E-state index in [1.54, 1.807) is 17.0 Å². The molecule has 4 aliphatic rings. The molecule has 14 nitrogen and oxygen atoms in total. The Kier molecular flexibility index (Phi) is 16.0. The predicted octanol–water partition coefficient (Wildman–Crippen LogP) is 6.74. The largest absolute Gasteiger partial charge is 0.461 e. The van der Waals surface area contributed by atoms with E-state index in [2.05, 4.69) is 22.4 Å². The second-order valence-electron chi connectivity index (χ2n) is 14.8. The van der Waals surface area contributed by atoms with Gasteiger partial charge < -0.3 is 34.2 Å². The minimum absolute atomic E-state index is 0.0918. The van der Waals surface area contributed by atoms with Gasteiger partial charge in [0, 0.05) is 83.7 Å². The molecule has 7 rings (SSSR count). The van der Waals surface area contributed by atoms with Crippen molar-refractivity contribution in [2.24, 2.45) is 0 Å². The number of allylic oxidation sites excluding steroid dienone is 4. The molecule has 3 aliphatic heterocycles. The van der Waals surface area contributed by atoms with Crippen LogP contribution in [0.2, 0.25) is 0 Å². The molecule has 0 radical (unpaired) electrons. The van der Waals surface area contributed by atoms with Crippen LogP contribution in [0.3, 0.4) is 0 Å². The van der Waals surface area contributed by atoms with Crippen LogP contribution in [0.4, 0.5) is 9.59 Å². The van der Waals surface area contributed by atoms with Gasteiger partial charge in [0.25, 0.3) is 11.8 Å². The Morgan fingerprint density at radius 3 is 1.98 bits per heavy atom. The fraction of sp³-hybridized carbons (Fsp3) is 0.386. The molecule has 308 valence electrons. The maximum Gasteiger partial charge on any atom is 0.434 e. The van der Waals surface area contributed by atoms with Gasteiger partial charge in [-0.15, -0.1) is 5.06 Å². The third-order valence-electron chi connectivity index (χ3n) is 9.17. The number of hydrogen-bond acceptors (Lipinski definition) is 11. The van der Waals surface area contributed by atoms with E-state index in [1.807, 2.05) is 93.6 Å². The molecule has 1 aliphatic carbocycles. The molecule has 3 saturated heterocycles. The Hall–Kier alpha value is -5.99. The number of nitrogens with one attached hydrogen (secondary N) is 1. The van der Waals surface area contributed by atoms with Gasteiger partial charge in [-0.3, -0.25) is 19.3 Å². The van der Waals surface area contributed by atoms with Crippen LogP contribution < -0.4 is 14.8 Å². The van der Waals surface area contributed by atoms with Gasteiger partial charge in [-0.1, -0.05) is 60.7 Å². The summed E-state index contributed by atoms with van der Waals surface area (Å²) in [5, 5.41) is 3.78. The molecule has 1 N–H and O–H groups in total. The summed E-state index contributed by atoms with van der Waals surface area (Å²) in [5.74, 6) is 2.19. The number of benzene rings is 3. The molecular weight excluding hydrogens is 743 g/mol. The van der Waals surface area contributed by atoms with Gasteiger partial charge in [-0.2, -0.15) is 0 Å². The van der Waals surface area contributed by atoms with E-state index in [9.17, 15) is 24.0 Å². The third-order valence-corrected chi connectivity index (χ3v) is 9.17. The third kappa shape index (κ3) is 13.6. The summed E-state index contributed by atoms with van der Waals surface area (Å²) in [5.41, 5.74) is 1.26. The quantitative estimate of drug-likeness (QED) is 0.191. The van der Waals surface area contributed by atoms with Crippen LogP contribution in [-0.4, -0.2) is 108 Å². The van der Waals surface area contributed by atoms with Crippen molar-refractivity contribution in [2.75, 3.05) is 52.4 Å². The number of carbonyl (C=O) groups excluding carboxylic acids is 5. The highest BCUT2D eigenvalue weighted by Gasteiger charge is 2.35. The van der Waals surface area contributed by atoms with Crippen molar-refractivity contribution in [3.05, 3.63) is 114 Å². The smallest absolute Gasteiger partial charge is 0.434 e. The molecule has 4 amide bonds. The van der Waals surface area contributed by atoms with Gasteiger partial charge >= 0.3 is 12.2 Å². The first kappa shape index (κ1) is 43.1. The van der Waals surface area contributed by atoms with Gasteiger partial charge in [0.1, 0.15) is 28.6 Å². The topological polar surface area (TPSA) is 147 Å². The van der Waals surface area contributed by atoms with Crippen molar-refractivity contribution in [3.8, 4) is 17.2 Å². The number of hydroxylamine groups is 2. The molecule has 3 aromatic rings. The molecule has 14 heteroatoms. The number of para-hydroxylation sites is 3. The van der Waals surface area contributed by atoms with E-state index in [0.717, 1.165) is 68.1 Å². The molecule has 0 unspecified atom stereocenters. The predicted molar refractivity (Wildman–Crippen MR) is 217 cm³/mol. The van der Waals surface area contributed by atoms with Crippen molar-refractivity contribution in [1.82, 2.24) is 25.1 Å². The molecule has 0 atom stereocenters.